The van der Waals surface area contributed by atoms with Gasteiger partial charge in [-0.1, -0.05) is 13.8 Å². The third kappa shape index (κ3) is 11.9. The van der Waals surface area contributed by atoms with Crippen LogP contribution in [-0.2, 0) is 0 Å². The Morgan fingerprint density at radius 1 is 0.625 bits per heavy atom. The molecule has 0 aliphatic carbocycles. The molecule has 0 aromatic rings. The van der Waals surface area contributed by atoms with Crippen molar-refractivity contribution in [2.45, 2.75) is 23.0 Å². The average Bonchev–Trinajstić information content (AvgIpc) is 2.31. The second-order valence-electron chi connectivity index (χ2n) is 1.92. The Bertz CT molecular complexity index is 96.6. The summed E-state index contributed by atoms with van der Waals surface area (Å²) >= 11 is 24.4. The summed E-state index contributed by atoms with van der Waals surface area (Å²) in [6.07, 6.45) is 0. The summed E-state index contributed by atoms with van der Waals surface area (Å²) < 4.78 is 1.05. The van der Waals surface area contributed by atoms with Gasteiger partial charge < -0.3 is 0 Å². The largest absolute Gasteiger partial charge is 0.168 e. The maximum Gasteiger partial charge on any atom is 0.0729 e. The summed E-state index contributed by atoms with van der Waals surface area (Å²) in [5, 5.41) is 3.40. The molecule has 0 heterocycles. The Labute approximate surface area is 139 Å². The minimum atomic E-state index is 0.527. The van der Waals surface area contributed by atoms with Crippen LogP contribution in [0, 0.1) is 0 Å². The molecule has 0 nitrogen and oxygen atoms in total. The van der Waals surface area contributed by atoms with Crippen LogP contribution < -0.4 is 0 Å². The van der Waals surface area contributed by atoms with Gasteiger partial charge in [-0.2, -0.15) is 50.5 Å². The molecule has 0 aromatic carbocycles. The van der Waals surface area contributed by atoms with E-state index in [1.807, 2.05) is 60.9 Å². The monoisotopic (exact) mass is 372 g/mol. The van der Waals surface area contributed by atoms with Crippen molar-refractivity contribution in [3.8, 4) is 0 Å². The number of hydrogen-bond acceptors (Lipinski definition) is 8. The second-order valence-corrected chi connectivity index (χ2v) is 10.0. The van der Waals surface area contributed by atoms with Gasteiger partial charge in [0.1, 0.15) is 0 Å². The van der Waals surface area contributed by atoms with E-state index < -0.39 is 0 Å². The first-order valence-corrected chi connectivity index (χ1v) is 11.4. The molecule has 0 unspecified atom stereocenters. The highest BCUT2D eigenvalue weighted by Crippen LogP contribution is 2.40. The minimum absolute atomic E-state index is 0.527. The predicted octanol–water partition coefficient (Wildman–Crippen LogP) is 5.15. The Morgan fingerprint density at radius 3 is 0.938 bits per heavy atom. The molecule has 0 aromatic heterocycles. The van der Waals surface area contributed by atoms with Crippen molar-refractivity contribution in [2.75, 3.05) is 20.3 Å². The van der Waals surface area contributed by atoms with E-state index in [9.17, 15) is 0 Å². The minimum Gasteiger partial charge on any atom is -0.168 e. The van der Waals surface area contributed by atoms with Crippen molar-refractivity contribution in [1.82, 2.24) is 0 Å². The third-order valence-corrected chi connectivity index (χ3v) is 8.29. The maximum atomic E-state index is 4.25. The molecular weight excluding hydrogens is 353 g/mol. The van der Waals surface area contributed by atoms with Crippen LogP contribution in [0.2, 0.25) is 0 Å². The molecule has 0 rings (SSSR count). The zero-order valence-electron chi connectivity index (χ0n) is 9.40. The van der Waals surface area contributed by atoms with E-state index in [1.54, 1.807) is 0 Å². The van der Waals surface area contributed by atoms with Gasteiger partial charge in [-0.15, -0.1) is 47.0 Å². The summed E-state index contributed by atoms with van der Waals surface area (Å²) in [5.41, 5.74) is 0. The maximum absolute atomic E-state index is 4.25. The van der Waals surface area contributed by atoms with Gasteiger partial charge in [0, 0.05) is 20.3 Å². The van der Waals surface area contributed by atoms with E-state index in [0.717, 1.165) is 20.3 Å². The van der Waals surface area contributed by atoms with Crippen molar-refractivity contribution in [3.05, 3.63) is 0 Å². The zero-order valence-corrected chi connectivity index (χ0v) is 16.2. The first-order chi connectivity index (χ1) is 7.79. The molecule has 0 amide bonds. The van der Waals surface area contributed by atoms with Crippen LogP contribution in [0.1, 0.15) is 13.8 Å². The zero-order chi connectivity index (χ0) is 12.8. The Kier molecular flexibility index (Phi) is 23.5. The summed E-state index contributed by atoms with van der Waals surface area (Å²) in [5.74, 6) is 0. The van der Waals surface area contributed by atoms with E-state index in [2.05, 4.69) is 50.5 Å². The van der Waals surface area contributed by atoms with Gasteiger partial charge >= 0.3 is 0 Å². The van der Waals surface area contributed by atoms with Gasteiger partial charge in [0.25, 0.3) is 0 Å². The Balaban J connectivity index is 0. The molecule has 0 N–H and O–H groups in total. The molecule has 0 fully saturated rings. The third-order valence-electron chi connectivity index (χ3n) is 1.18. The van der Waals surface area contributed by atoms with Crippen LogP contribution in [0.25, 0.3) is 0 Å². The molecule has 0 aliphatic rings. The molecule has 0 saturated carbocycles. The van der Waals surface area contributed by atoms with E-state index in [1.165, 1.54) is 0 Å². The van der Waals surface area contributed by atoms with Crippen LogP contribution >= 0.6 is 97.6 Å². The number of thioether (sulfide) groups is 4. The topological polar surface area (TPSA) is 0 Å². The lowest BCUT2D eigenvalue weighted by atomic mass is 10.9. The molecule has 0 radical (unpaired) electrons. The fraction of sp³-hybridized carbons (Fsp3) is 1.00. The lowest BCUT2D eigenvalue weighted by Gasteiger charge is -2.23. The predicted molar refractivity (Wildman–Crippen MR) is 105 cm³/mol. The fourth-order valence-electron chi connectivity index (χ4n) is 0.704. The van der Waals surface area contributed by atoms with Gasteiger partial charge in [0.15, 0.2) is 0 Å². The van der Waals surface area contributed by atoms with Crippen LogP contribution in [0.3, 0.4) is 0 Å². The molecule has 0 aliphatic heterocycles. The quantitative estimate of drug-likeness (QED) is 0.326. The molecular formula is C8H20S8. The smallest absolute Gasteiger partial charge is 0.0729 e. The summed E-state index contributed by atoms with van der Waals surface area (Å²) in [7, 11) is 0. The average molecular weight is 373 g/mol. The lowest BCUT2D eigenvalue weighted by Crippen LogP contribution is -2.13. The molecule has 0 atom stereocenters. The van der Waals surface area contributed by atoms with Gasteiger partial charge in [0.2, 0.25) is 0 Å². The van der Waals surface area contributed by atoms with Gasteiger partial charge in [-0.3, -0.25) is 0 Å². The SMILES string of the molecule is CC.SCSC(SCS)C(SCS)SCS. The van der Waals surface area contributed by atoms with Gasteiger partial charge in [-0.05, 0) is 0 Å². The van der Waals surface area contributed by atoms with Crippen LogP contribution in [-0.4, -0.2) is 29.5 Å². The lowest BCUT2D eigenvalue weighted by molar-refractivity contribution is 1.36. The van der Waals surface area contributed by atoms with Crippen molar-refractivity contribution in [1.29, 1.82) is 0 Å². The van der Waals surface area contributed by atoms with E-state index in [0.29, 0.717) is 9.16 Å². The number of hydrogen-bond donors (Lipinski definition) is 4. The second kappa shape index (κ2) is 17.8. The highest BCUT2D eigenvalue weighted by atomic mass is 32.2. The number of rotatable bonds is 9. The van der Waals surface area contributed by atoms with Crippen LogP contribution in [0.4, 0.5) is 0 Å². The first kappa shape index (κ1) is 21.1. The normalized spacial score (nSPS) is 10.5. The molecule has 0 bridgehead atoms. The summed E-state index contributed by atoms with van der Waals surface area (Å²) in [6, 6.07) is 0. The molecule has 100 valence electrons. The Hall–Kier alpha value is 2.80. The molecule has 0 saturated heterocycles. The highest BCUT2D eigenvalue weighted by molar-refractivity contribution is 8.29. The van der Waals surface area contributed by atoms with E-state index in [-0.39, 0.29) is 0 Å². The van der Waals surface area contributed by atoms with E-state index >= 15 is 0 Å². The van der Waals surface area contributed by atoms with Crippen molar-refractivity contribution in [3.63, 3.8) is 0 Å². The van der Waals surface area contributed by atoms with Gasteiger partial charge in [-0.25, -0.2) is 0 Å². The fourth-order valence-corrected chi connectivity index (χ4v) is 8.53. The van der Waals surface area contributed by atoms with E-state index in [4.69, 9.17) is 0 Å². The first-order valence-electron chi connectivity index (χ1n) is 4.70. The van der Waals surface area contributed by atoms with Crippen molar-refractivity contribution < 1.29 is 0 Å². The molecule has 8 heteroatoms. The van der Waals surface area contributed by atoms with Crippen molar-refractivity contribution in [2.24, 2.45) is 0 Å². The Morgan fingerprint density at radius 2 is 0.812 bits per heavy atom. The molecule has 16 heavy (non-hydrogen) atoms. The summed E-state index contributed by atoms with van der Waals surface area (Å²) in [4.78, 5) is 0. The molecule has 0 spiro atoms. The van der Waals surface area contributed by atoms with Crippen molar-refractivity contribution >= 4 is 97.6 Å². The van der Waals surface area contributed by atoms with Crippen LogP contribution in [0.5, 0.6) is 0 Å². The van der Waals surface area contributed by atoms with Gasteiger partial charge in [0.05, 0.1) is 9.16 Å². The van der Waals surface area contributed by atoms with Crippen LogP contribution in [0.15, 0.2) is 0 Å². The number of thiol groups is 4. The highest BCUT2D eigenvalue weighted by Gasteiger charge is 2.21. The standard InChI is InChI=1S/C6H14S8.C2H6/c7-1-11-5(12-2-8)6(13-3-9)14-4-10;1-2/h5-10H,1-4H2;1-2H3. The summed E-state index contributed by atoms with van der Waals surface area (Å²) in [6.45, 7) is 4.00.